The summed E-state index contributed by atoms with van der Waals surface area (Å²) in [6.45, 7) is 19.0. The molecule has 1 fully saturated rings. The van der Waals surface area contributed by atoms with Crippen LogP contribution in [-0.4, -0.2) is 102 Å². The molecule has 290 valence electrons. The number of amides is 4. The third kappa shape index (κ3) is 14.0. The molecule has 3 N–H and O–H groups in total. The lowest BCUT2D eigenvalue weighted by Crippen LogP contribution is -2.59. The number of likely N-dealkylation sites (N-methyl/N-ethyl adjacent to an activating group) is 2. The van der Waals surface area contributed by atoms with Crippen LogP contribution in [0.5, 0.6) is 0 Å². The summed E-state index contributed by atoms with van der Waals surface area (Å²) in [5.74, 6) is -0.477. The number of benzene rings is 1. The standard InChI is InChI=1S/C40H69N5O5S/c1-13-28(6)37(44(11)39(49)36(27(4)5)43-38(48)35(41-10)26(2)3)31(50-12)25-34(47)45-23-17-20-30(45)21-22-32(46)42-33(51-40(7,8)9)24-29-18-15-14-16-19-29/h14-16,18-19,26-28,30-31,33,35-37,41H,13,17,20-25H2,1-12H3,(H,42,46)(H,43,48). The summed E-state index contributed by atoms with van der Waals surface area (Å²) < 4.78 is 5.99. The maximum Gasteiger partial charge on any atom is 0.245 e. The van der Waals surface area contributed by atoms with Crippen molar-refractivity contribution < 1.29 is 23.9 Å². The van der Waals surface area contributed by atoms with Crippen molar-refractivity contribution in [3.63, 3.8) is 0 Å². The number of likely N-dealkylation sites (tertiary alicyclic amines) is 1. The van der Waals surface area contributed by atoms with E-state index in [4.69, 9.17) is 4.74 Å². The van der Waals surface area contributed by atoms with Crippen molar-refractivity contribution in [1.29, 1.82) is 0 Å². The van der Waals surface area contributed by atoms with E-state index in [1.807, 2.05) is 50.8 Å². The maximum atomic E-state index is 14.1. The molecular weight excluding hydrogens is 663 g/mol. The number of thioether (sulfide) groups is 1. The fraction of sp³-hybridized carbons (Fsp3) is 0.750. The van der Waals surface area contributed by atoms with Crippen molar-refractivity contribution >= 4 is 35.4 Å². The number of carbonyl (C=O) groups excluding carboxylic acids is 4. The van der Waals surface area contributed by atoms with Crippen LogP contribution >= 0.6 is 11.8 Å². The summed E-state index contributed by atoms with van der Waals surface area (Å²) in [6.07, 6.45) is 3.80. The number of hydrogen-bond acceptors (Lipinski definition) is 7. The average Bonchev–Trinajstić information content (AvgIpc) is 3.54. The Morgan fingerprint density at radius 2 is 1.63 bits per heavy atom. The van der Waals surface area contributed by atoms with Crippen LogP contribution < -0.4 is 16.0 Å². The molecule has 0 aromatic heterocycles. The highest BCUT2D eigenvalue weighted by molar-refractivity contribution is 8.01. The molecule has 1 aromatic rings. The van der Waals surface area contributed by atoms with Gasteiger partial charge >= 0.3 is 0 Å². The Labute approximate surface area is 313 Å². The molecule has 11 heteroatoms. The molecule has 7 atom stereocenters. The average molecular weight is 732 g/mol. The number of carbonyl (C=O) groups is 4. The largest absolute Gasteiger partial charge is 0.379 e. The van der Waals surface area contributed by atoms with E-state index in [0.29, 0.717) is 19.4 Å². The number of nitrogens with one attached hydrogen (secondary N) is 3. The van der Waals surface area contributed by atoms with Gasteiger partial charge in [-0.05, 0) is 49.6 Å². The lowest BCUT2D eigenvalue weighted by atomic mass is 9.89. The van der Waals surface area contributed by atoms with Crippen molar-refractivity contribution in [2.24, 2.45) is 17.8 Å². The summed E-state index contributed by atoms with van der Waals surface area (Å²) in [5.41, 5.74) is 1.18. The Hall–Kier alpha value is -2.63. The highest BCUT2D eigenvalue weighted by atomic mass is 32.2. The predicted molar refractivity (Wildman–Crippen MR) is 209 cm³/mol. The quantitative estimate of drug-likeness (QED) is 0.149. The highest BCUT2D eigenvalue weighted by Gasteiger charge is 2.40. The molecule has 1 aliphatic rings. The van der Waals surface area contributed by atoms with Crippen LogP contribution in [0.15, 0.2) is 30.3 Å². The molecule has 7 unspecified atom stereocenters. The van der Waals surface area contributed by atoms with Crippen LogP contribution in [-0.2, 0) is 30.3 Å². The molecule has 1 heterocycles. The molecule has 10 nitrogen and oxygen atoms in total. The first-order valence-corrected chi connectivity index (χ1v) is 19.9. The number of ether oxygens (including phenoxy) is 1. The van der Waals surface area contributed by atoms with Crippen molar-refractivity contribution in [2.45, 2.75) is 148 Å². The summed E-state index contributed by atoms with van der Waals surface area (Å²) in [7, 11) is 5.10. The van der Waals surface area contributed by atoms with Gasteiger partial charge in [0.25, 0.3) is 0 Å². The van der Waals surface area contributed by atoms with E-state index in [0.717, 1.165) is 25.7 Å². The van der Waals surface area contributed by atoms with Gasteiger partial charge in [0, 0.05) is 44.3 Å². The minimum atomic E-state index is -0.722. The molecule has 51 heavy (non-hydrogen) atoms. The van der Waals surface area contributed by atoms with Gasteiger partial charge in [-0.15, -0.1) is 11.8 Å². The van der Waals surface area contributed by atoms with E-state index >= 15 is 0 Å². The van der Waals surface area contributed by atoms with Crippen LogP contribution in [0.2, 0.25) is 0 Å². The van der Waals surface area contributed by atoms with E-state index in [9.17, 15) is 19.2 Å². The molecule has 4 amide bonds. The van der Waals surface area contributed by atoms with E-state index in [2.05, 4.69) is 62.7 Å². The lowest BCUT2D eigenvalue weighted by Gasteiger charge is -2.40. The van der Waals surface area contributed by atoms with Crippen molar-refractivity contribution in [3.8, 4) is 0 Å². The Balaban J connectivity index is 2.13. The predicted octanol–water partition coefficient (Wildman–Crippen LogP) is 5.64. The van der Waals surface area contributed by atoms with Crippen LogP contribution in [0.3, 0.4) is 0 Å². The number of nitrogens with zero attached hydrogens (tertiary/aromatic N) is 2. The fourth-order valence-electron chi connectivity index (χ4n) is 7.15. The van der Waals surface area contributed by atoms with Crippen molar-refractivity contribution in [3.05, 3.63) is 35.9 Å². The zero-order valence-electron chi connectivity index (χ0n) is 33.6. The SMILES string of the molecule is CCC(C)C(C(CC(=O)N1CCCC1CCC(=O)NC(Cc1ccccc1)SC(C)(C)C)OC)N(C)C(=O)C(NC(=O)C(NC)C(C)C)C(C)C. The second-order valence-corrected chi connectivity index (χ2v) is 18.0. The third-order valence-electron chi connectivity index (χ3n) is 10.1. The summed E-state index contributed by atoms with van der Waals surface area (Å²) in [4.78, 5) is 58.1. The van der Waals surface area contributed by atoms with Gasteiger partial charge in [-0.25, -0.2) is 0 Å². The maximum absolute atomic E-state index is 14.1. The highest BCUT2D eigenvalue weighted by Crippen LogP contribution is 2.30. The Morgan fingerprint density at radius 1 is 1.00 bits per heavy atom. The van der Waals surface area contributed by atoms with Gasteiger partial charge in [-0.2, -0.15) is 0 Å². The first kappa shape index (κ1) is 44.5. The lowest BCUT2D eigenvalue weighted by molar-refractivity contribution is -0.146. The summed E-state index contributed by atoms with van der Waals surface area (Å²) >= 11 is 1.76. The molecule has 0 radical (unpaired) electrons. The monoisotopic (exact) mass is 732 g/mol. The minimum Gasteiger partial charge on any atom is -0.379 e. The van der Waals surface area contributed by atoms with Crippen LogP contribution in [0.1, 0.15) is 106 Å². The number of hydrogen-bond donors (Lipinski definition) is 3. The number of rotatable bonds is 20. The molecular formula is C40H69N5O5S. The van der Waals surface area contributed by atoms with E-state index in [1.165, 1.54) is 5.56 Å². The zero-order chi connectivity index (χ0) is 38.5. The second-order valence-electron chi connectivity index (χ2n) is 15.9. The van der Waals surface area contributed by atoms with E-state index in [-0.39, 0.29) is 70.0 Å². The molecule has 2 rings (SSSR count). The Morgan fingerprint density at radius 3 is 2.16 bits per heavy atom. The van der Waals surface area contributed by atoms with Crippen LogP contribution in [0, 0.1) is 17.8 Å². The molecule has 1 saturated heterocycles. The summed E-state index contributed by atoms with van der Waals surface area (Å²) in [5, 5.41) is 9.28. The molecule has 1 aliphatic heterocycles. The normalized spacial score (nSPS) is 18.5. The van der Waals surface area contributed by atoms with Crippen molar-refractivity contribution in [2.75, 3.05) is 27.7 Å². The van der Waals surface area contributed by atoms with Gasteiger partial charge in [0.2, 0.25) is 23.6 Å². The molecule has 0 aliphatic carbocycles. The molecule has 0 saturated carbocycles. The van der Waals surface area contributed by atoms with E-state index in [1.54, 1.807) is 37.9 Å². The fourth-order valence-corrected chi connectivity index (χ4v) is 8.47. The van der Waals surface area contributed by atoms with Gasteiger partial charge in [0.1, 0.15) is 6.04 Å². The number of methoxy groups -OCH3 is 1. The second kappa shape index (κ2) is 21.2. The van der Waals surface area contributed by atoms with Gasteiger partial charge < -0.3 is 30.5 Å². The topological polar surface area (TPSA) is 120 Å². The van der Waals surface area contributed by atoms with Crippen LogP contribution in [0.4, 0.5) is 0 Å². The molecule has 1 aromatic carbocycles. The van der Waals surface area contributed by atoms with Gasteiger partial charge in [0.15, 0.2) is 0 Å². The first-order valence-electron chi connectivity index (χ1n) is 19.0. The van der Waals surface area contributed by atoms with Gasteiger partial charge in [-0.1, -0.05) is 99.1 Å². The minimum absolute atomic E-state index is 0.0000457. The smallest absolute Gasteiger partial charge is 0.245 e. The van der Waals surface area contributed by atoms with Crippen LogP contribution in [0.25, 0.3) is 0 Å². The van der Waals surface area contributed by atoms with Gasteiger partial charge in [0.05, 0.1) is 30.0 Å². The first-order chi connectivity index (χ1) is 23.9. The van der Waals surface area contributed by atoms with Gasteiger partial charge in [-0.3, -0.25) is 19.2 Å². The van der Waals surface area contributed by atoms with E-state index < -0.39 is 18.2 Å². The Kier molecular flexibility index (Phi) is 18.5. The third-order valence-corrected chi connectivity index (χ3v) is 11.3. The summed E-state index contributed by atoms with van der Waals surface area (Å²) in [6, 6.07) is 8.67. The van der Waals surface area contributed by atoms with Crippen molar-refractivity contribution in [1.82, 2.24) is 25.8 Å². The molecule has 0 spiro atoms. The zero-order valence-corrected chi connectivity index (χ0v) is 34.4. The Bertz CT molecular complexity index is 1240. The molecule has 0 bridgehead atoms.